The van der Waals surface area contributed by atoms with Crippen LogP contribution in [0.2, 0.25) is 0 Å². The maximum absolute atomic E-state index is 12.4. The van der Waals surface area contributed by atoms with E-state index in [0.717, 1.165) is 20.7 Å². The van der Waals surface area contributed by atoms with E-state index < -0.39 is 0 Å². The molecule has 29 heavy (non-hydrogen) atoms. The molecule has 0 spiro atoms. The molecule has 0 aliphatic carbocycles. The number of aryl methyl sites for hydroxylation is 2. The van der Waals surface area contributed by atoms with Gasteiger partial charge in [0.15, 0.2) is 5.16 Å². The number of nitrogens with one attached hydrogen (secondary N) is 2. The molecule has 3 aromatic rings. The number of benzene rings is 1. The molecular weight excluding hydrogens is 410 g/mol. The summed E-state index contributed by atoms with van der Waals surface area (Å²) in [6.07, 6.45) is 0. The predicted octanol–water partition coefficient (Wildman–Crippen LogP) is 3.59. The molecule has 0 bridgehead atoms. The van der Waals surface area contributed by atoms with Gasteiger partial charge in [-0.05, 0) is 37.6 Å². The molecule has 3 rings (SSSR count). The van der Waals surface area contributed by atoms with Gasteiger partial charge in [-0.15, -0.1) is 11.3 Å². The molecule has 0 fully saturated rings. The molecule has 2 amide bonds. The second-order valence-corrected chi connectivity index (χ2v) is 8.43. The lowest BCUT2D eigenvalue weighted by Gasteiger charge is -2.12. The van der Waals surface area contributed by atoms with Gasteiger partial charge in [-0.25, -0.2) is 9.97 Å². The van der Waals surface area contributed by atoms with Crippen LogP contribution < -0.4 is 21.1 Å². The van der Waals surface area contributed by atoms with Crippen LogP contribution >= 0.6 is 23.1 Å². The van der Waals surface area contributed by atoms with Crippen LogP contribution in [0.25, 0.3) is 10.2 Å². The van der Waals surface area contributed by atoms with Crippen molar-refractivity contribution in [3.8, 4) is 5.75 Å². The van der Waals surface area contributed by atoms with E-state index in [1.807, 2.05) is 13.8 Å². The number of fused-ring (bicyclic) bond motifs is 1. The third-order valence-corrected chi connectivity index (χ3v) is 6.11. The summed E-state index contributed by atoms with van der Waals surface area (Å²) < 4.78 is 5.27. The lowest BCUT2D eigenvalue weighted by Crippen LogP contribution is -2.15. The standard InChI is InChI=1S/C19H21N5O3S2/c1-9-10(2)29-18-16(9)17(20)23-19(24-18)28-8-15(26)22-13-7-12(21-11(3)25)5-6-14(13)27-4/h5-7H,8H2,1-4H3,(H,21,25)(H,22,26)(H2,20,23,24). The number of ether oxygens (including phenoxy) is 1. The fraction of sp³-hybridized carbons (Fsp3) is 0.263. The third kappa shape index (κ3) is 4.77. The minimum atomic E-state index is -0.255. The lowest BCUT2D eigenvalue weighted by molar-refractivity contribution is -0.114. The smallest absolute Gasteiger partial charge is 0.234 e. The Morgan fingerprint density at radius 2 is 2.00 bits per heavy atom. The van der Waals surface area contributed by atoms with Crippen molar-refractivity contribution in [2.75, 3.05) is 29.2 Å². The van der Waals surface area contributed by atoms with Crippen molar-refractivity contribution in [1.82, 2.24) is 9.97 Å². The van der Waals surface area contributed by atoms with E-state index in [2.05, 4.69) is 20.6 Å². The lowest BCUT2D eigenvalue weighted by atomic mass is 10.2. The van der Waals surface area contributed by atoms with Crippen LogP contribution in [0.1, 0.15) is 17.4 Å². The van der Waals surface area contributed by atoms with Crippen molar-refractivity contribution < 1.29 is 14.3 Å². The number of thioether (sulfide) groups is 1. The second-order valence-electron chi connectivity index (χ2n) is 6.29. The molecular formula is C19H21N5O3S2. The first kappa shape index (κ1) is 20.9. The molecule has 0 aliphatic rings. The molecule has 0 saturated heterocycles. The summed E-state index contributed by atoms with van der Waals surface area (Å²) in [6.45, 7) is 5.43. The first-order valence-electron chi connectivity index (χ1n) is 8.70. The van der Waals surface area contributed by atoms with Crippen LogP contribution in [0.3, 0.4) is 0 Å². The van der Waals surface area contributed by atoms with Gasteiger partial charge >= 0.3 is 0 Å². The Morgan fingerprint density at radius 1 is 1.24 bits per heavy atom. The van der Waals surface area contributed by atoms with Crippen LogP contribution in [0.4, 0.5) is 17.2 Å². The number of aromatic nitrogens is 2. The zero-order valence-corrected chi connectivity index (χ0v) is 18.1. The van der Waals surface area contributed by atoms with E-state index in [1.54, 1.807) is 29.5 Å². The number of hydrogen-bond acceptors (Lipinski definition) is 8. The van der Waals surface area contributed by atoms with Gasteiger partial charge in [-0.1, -0.05) is 11.8 Å². The van der Waals surface area contributed by atoms with Crippen molar-refractivity contribution in [2.45, 2.75) is 25.9 Å². The number of carbonyl (C=O) groups excluding carboxylic acids is 2. The van der Waals surface area contributed by atoms with Crippen molar-refractivity contribution in [2.24, 2.45) is 0 Å². The van der Waals surface area contributed by atoms with E-state index >= 15 is 0 Å². The van der Waals surface area contributed by atoms with Gasteiger partial charge in [0.1, 0.15) is 16.4 Å². The summed E-state index contributed by atoms with van der Waals surface area (Å²) in [5.74, 6) is 0.552. The number of amides is 2. The van der Waals surface area contributed by atoms with Gasteiger partial charge in [0, 0.05) is 17.5 Å². The molecule has 0 aliphatic heterocycles. The van der Waals surface area contributed by atoms with Gasteiger partial charge in [0.25, 0.3) is 0 Å². The van der Waals surface area contributed by atoms with Gasteiger partial charge in [-0.2, -0.15) is 0 Å². The van der Waals surface area contributed by atoms with Crippen molar-refractivity contribution in [3.05, 3.63) is 28.6 Å². The van der Waals surface area contributed by atoms with Gasteiger partial charge in [0.05, 0.1) is 23.9 Å². The Hall–Kier alpha value is -2.85. The Morgan fingerprint density at radius 3 is 2.69 bits per heavy atom. The average molecular weight is 432 g/mol. The molecule has 1 aromatic carbocycles. The fourth-order valence-corrected chi connectivity index (χ4v) is 4.47. The summed E-state index contributed by atoms with van der Waals surface area (Å²) in [5, 5.41) is 6.79. The van der Waals surface area contributed by atoms with Gasteiger partial charge in [-0.3, -0.25) is 9.59 Å². The SMILES string of the molecule is COc1ccc(NC(C)=O)cc1NC(=O)CSc1nc(N)c2c(C)c(C)sc2n1. The van der Waals surface area contributed by atoms with Gasteiger partial charge < -0.3 is 21.1 Å². The van der Waals surface area contributed by atoms with E-state index in [-0.39, 0.29) is 17.6 Å². The quantitative estimate of drug-likeness (QED) is 0.403. The van der Waals surface area contributed by atoms with E-state index in [9.17, 15) is 9.59 Å². The monoisotopic (exact) mass is 431 g/mol. The predicted molar refractivity (Wildman–Crippen MR) is 118 cm³/mol. The number of thiophene rings is 1. The largest absolute Gasteiger partial charge is 0.495 e. The minimum absolute atomic E-state index is 0.0990. The fourth-order valence-electron chi connectivity index (χ4n) is 2.73. The highest BCUT2D eigenvalue weighted by Gasteiger charge is 2.15. The minimum Gasteiger partial charge on any atom is -0.495 e. The number of methoxy groups -OCH3 is 1. The molecule has 2 aromatic heterocycles. The maximum Gasteiger partial charge on any atom is 0.234 e. The van der Waals surface area contributed by atoms with Crippen molar-refractivity contribution in [1.29, 1.82) is 0 Å². The van der Waals surface area contributed by atoms with Crippen LogP contribution in [0.15, 0.2) is 23.4 Å². The molecule has 8 nitrogen and oxygen atoms in total. The highest BCUT2D eigenvalue weighted by molar-refractivity contribution is 7.99. The number of rotatable bonds is 6. The van der Waals surface area contributed by atoms with E-state index in [4.69, 9.17) is 10.5 Å². The number of anilines is 3. The Kier molecular flexibility index (Phi) is 6.23. The zero-order valence-electron chi connectivity index (χ0n) is 16.5. The summed E-state index contributed by atoms with van der Waals surface area (Å²) in [7, 11) is 1.51. The molecule has 0 radical (unpaired) electrons. The second kappa shape index (κ2) is 8.66. The van der Waals surface area contributed by atoms with Crippen molar-refractivity contribution >= 4 is 62.3 Å². The molecule has 4 N–H and O–H groups in total. The Balaban J connectivity index is 1.71. The summed E-state index contributed by atoms with van der Waals surface area (Å²) in [4.78, 5) is 34.5. The Labute approximate surface area is 176 Å². The molecule has 10 heteroatoms. The molecule has 0 atom stereocenters. The van der Waals surface area contributed by atoms with E-state index in [1.165, 1.54) is 25.8 Å². The molecule has 0 unspecified atom stereocenters. The van der Waals surface area contributed by atoms with Crippen LogP contribution in [-0.2, 0) is 9.59 Å². The highest BCUT2D eigenvalue weighted by atomic mass is 32.2. The third-order valence-electron chi connectivity index (χ3n) is 4.16. The molecule has 0 saturated carbocycles. The van der Waals surface area contributed by atoms with Crippen LogP contribution in [0.5, 0.6) is 5.75 Å². The summed E-state index contributed by atoms with van der Waals surface area (Å²) in [5.41, 5.74) is 8.20. The number of nitrogen functional groups attached to an aromatic ring is 1. The number of hydrogen-bond donors (Lipinski definition) is 3. The first-order valence-corrected chi connectivity index (χ1v) is 10.5. The normalized spacial score (nSPS) is 10.8. The first-order chi connectivity index (χ1) is 13.8. The average Bonchev–Trinajstić information content (AvgIpc) is 2.94. The number of nitrogens with zero attached hydrogens (tertiary/aromatic N) is 2. The maximum atomic E-state index is 12.4. The van der Waals surface area contributed by atoms with Gasteiger partial charge in [0.2, 0.25) is 11.8 Å². The molecule has 152 valence electrons. The number of carbonyl (C=O) groups is 2. The van der Waals surface area contributed by atoms with Crippen molar-refractivity contribution in [3.63, 3.8) is 0 Å². The molecule has 2 heterocycles. The zero-order chi connectivity index (χ0) is 21.1. The topological polar surface area (TPSA) is 119 Å². The van der Waals surface area contributed by atoms with Crippen LogP contribution in [0, 0.1) is 13.8 Å². The number of nitrogens with two attached hydrogens (primary N) is 1. The summed E-state index contributed by atoms with van der Waals surface area (Å²) >= 11 is 2.76. The highest BCUT2D eigenvalue weighted by Crippen LogP contribution is 2.33. The summed E-state index contributed by atoms with van der Waals surface area (Å²) in [6, 6.07) is 5.01. The van der Waals surface area contributed by atoms with Crippen LogP contribution in [-0.4, -0.2) is 34.6 Å². The van der Waals surface area contributed by atoms with E-state index in [0.29, 0.717) is 28.1 Å². The Bertz CT molecular complexity index is 1100.